The van der Waals surface area contributed by atoms with Crippen LogP contribution in [0.2, 0.25) is 0 Å². The first-order valence-corrected chi connectivity index (χ1v) is 7.39. The Morgan fingerprint density at radius 2 is 2.12 bits per heavy atom. The van der Waals surface area contributed by atoms with Crippen molar-refractivity contribution in [2.75, 3.05) is 5.75 Å². The molecule has 0 saturated heterocycles. The van der Waals surface area contributed by atoms with Crippen molar-refractivity contribution in [3.63, 3.8) is 0 Å². The third-order valence-electron chi connectivity index (χ3n) is 2.51. The molecular formula is C11H20N2O2S. The highest BCUT2D eigenvalue weighted by Crippen LogP contribution is 2.09. The van der Waals surface area contributed by atoms with E-state index < -0.39 is 9.84 Å². The molecule has 0 fully saturated rings. The molecule has 0 unspecified atom stereocenters. The largest absolute Gasteiger partial charge is 0.337 e. The monoisotopic (exact) mass is 244 g/mol. The number of aromatic nitrogens is 2. The topological polar surface area (TPSA) is 52.0 Å². The van der Waals surface area contributed by atoms with Gasteiger partial charge in [0, 0.05) is 19.4 Å². The van der Waals surface area contributed by atoms with Gasteiger partial charge in [0.1, 0.15) is 11.6 Å². The van der Waals surface area contributed by atoms with Crippen LogP contribution in [0.25, 0.3) is 0 Å². The van der Waals surface area contributed by atoms with Crippen molar-refractivity contribution in [1.82, 2.24) is 9.55 Å². The summed E-state index contributed by atoms with van der Waals surface area (Å²) in [5, 5.41) is 0. The fourth-order valence-electron chi connectivity index (χ4n) is 1.52. The van der Waals surface area contributed by atoms with Gasteiger partial charge >= 0.3 is 0 Å². The SMILES string of the molecule is CC(C)CCCS(=O)(=O)Cc1nccn1C. The Morgan fingerprint density at radius 3 is 2.62 bits per heavy atom. The van der Waals surface area contributed by atoms with Crippen LogP contribution in [-0.2, 0) is 22.6 Å². The molecular weight excluding hydrogens is 224 g/mol. The predicted octanol–water partition coefficient (Wildman–Crippen LogP) is 1.77. The molecule has 0 radical (unpaired) electrons. The fraction of sp³-hybridized carbons (Fsp3) is 0.727. The van der Waals surface area contributed by atoms with Crippen LogP contribution in [0.4, 0.5) is 0 Å². The van der Waals surface area contributed by atoms with E-state index in [1.54, 1.807) is 17.0 Å². The van der Waals surface area contributed by atoms with Crippen LogP contribution in [0.1, 0.15) is 32.5 Å². The molecule has 5 heteroatoms. The molecule has 0 saturated carbocycles. The summed E-state index contributed by atoms with van der Waals surface area (Å²) >= 11 is 0. The van der Waals surface area contributed by atoms with E-state index in [1.807, 2.05) is 7.05 Å². The number of rotatable bonds is 6. The quantitative estimate of drug-likeness (QED) is 0.766. The average Bonchev–Trinajstić information content (AvgIpc) is 2.50. The highest BCUT2D eigenvalue weighted by molar-refractivity contribution is 7.90. The average molecular weight is 244 g/mol. The van der Waals surface area contributed by atoms with E-state index >= 15 is 0 Å². The maximum Gasteiger partial charge on any atom is 0.157 e. The molecule has 1 heterocycles. The van der Waals surface area contributed by atoms with E-state index in [-0.39, 0.29) is 11.5 Å². The molecule has 1 aromatic heterocycles. The molecule has 0 spiro atoms. The fourth-order valence-corrected chi connectivity index (χ4v) is 2.94. The van der Waals surface area contributed by atoms with Gasteiger partial charge in [0.25, 0.3) is 0 Å². The minimum Gasteiger partial charge on any atom is -0.337 e. The lowest BCUT2D eigenvalue weighted by Crippen LogP contribution is -2.13. The second-order valence-electron chi connectivity index (χ2n) is 4.58. The summed E-state index contributed by atoms with van der Waals surface area (Å²) in [5.74, 6) is 1.49. The summed E-state index contributed by atoms with van der Waals surface area (Å²) in [6.07, 6.45) is 5.09. The molecule has 0 aromatic carbocycles. The lowest BCUT2D eigenvalue weighted by Gasteiger charge is -2.06. The summed E-state index contributed by atoms with van der Waals surface area (Å²) in [4.78, 5) is 4.03. The maximum absolute atomic E-state index is 11.8. The molecule has 16 heavy (non-hydrogen) atoms. The van der Waals surface area contributed by atoms with Crippen LogP contribution in [0.15, 0.2) is 12.4 Å². The number of hydrogen-bond acceptors (Lipinski definition) is 3. The van der Waals surface area contributed by atoms with Gasteiger partial charge in [-0.3, -0.25) is 0 Å². The van der Waals surface area contributed by atoms with Gasteiger partial charge in [0.05, 0.1) is 5.75 Å². The summed E-state index contributed by atoms with van der Waals surface area (Å²) in [5.41, 5.74) is 0. The summed E-state index contributed by atoms with van der Waals surface area (Å²) in [7, 11) is -1.19. The Labute approximate surface area is 97.6 Å². The van der Waals surface area contributed by atoms with Crippen LogP contribution in [-0.4, -0.2) is 23.7 Å². The van der Waals surface area contributed by atoms with Crippen LogP contribution in [0.5, 0.6) is 0 Å². The molecule has 92 valence electrons. The number of hydrogen-bond donors (Lipinski definition) is 0. The van der Waals surface area contributed by atoms with Crippen molar-refractivity contribution in [2.45, 2.75) is 32.4 Å². The summed E-state index contributed by atoms with van der Waals surface area (Å²) in [6, 6.07) is 0. The van der Waals surface area contributed by atoms with Gasteiger partial charge in [-0.2, -0.15) is 0 Å². The van der Waals surface area contributed by atoms with E-state index in [1.165, 1.54) is 0 Å². The molecule has 0 aliphatic carbocycles. The summed E-state index contributed by atoms with van der Waals surface area (Å²) < 4.78 is 25.3. The summed E-state index contributed by atoms with van der Waals surface area (Å²) in [6.45, 7) is 4.21. The maximum atomic E-state index is 11.8. The van der Waals surface area contributed by atoms with Gasteiger partial charge in [0.15, 0.2) is 9.84 Å². The first-order valence-electron chi connectivity index (χ1n) is 5.57. The van der Waals surface area contributed by atoms with Crippen molar-refractivity contribution in [3.8, 4) is 0 Å². The van der Waals surface area contributed by atoms with Gasteiger partial charge in [-0.1, -0.05) is 20.3 Å². The van der Waals surface area contributed by atoms with E-state index in [0.717, 1.165) is 12.8 Å². The number of sulfone groups is 1. The normalized spacial score (nSPS) is 12.2. The van der Waals surface area contributed by atoms with E-state index in [0.29, 0.717) is 11.7 Å². The minimum atomic E-state index is -3.01. The van der Waals surface area contributed by atoms with Gasteiger partial charge in [-0.15, -0.1) is 0 Å². The van der Waals surface area contributed by atoms with Gasteiger partial charge < -0.3 is 4.57 Å². The molecule has 0 amide bonds. The molecule has 0 bridgehead atoms. The number of nitrogens with zero attached hydrogens (tertiary/aromatic N) is 2. The van der Waals surface area contributed by atoms with Crippen LogP contribution >= 0.6 is 0 Å². The zero-order valence-electron chi connectivity index (χ0n) is 10.2. The Kier molecular flexibility index (Phi) is 4.53. The Hall–Kier alpha value is -0.840. The van der Waals surface area contributed by atoms with Crippen molar-refractivity contribution >= 4 is 9.84 Å². The Morgan fingerprint density at radius 1 is 1.44 bits per heavy atom. The lowest BCUT2D eigenvalue weighted by molar-refractivity contribution is 0.558. The second kappa shape index (κ2) is 5.48. The van der Waals surface area contributed by atoms with Crippen LogP contribution in [0, 0.1) is 5.92 Å². The number of imidazole rings is 1. The standard InChI is InChI=1S/C11H20N2O2S/c1-10(2)5-4-8-16(14,15)9-11-12-6-7-13(11)3/h6-7,10H,4-5,8-9H2,1-3H3. The van der Waals surface area contributed by atoms with Gasteiger partial charge in [-0.25, -0.2) is 13.4 Å². The van der Waals surface area contributed by atoms with E-state index in [9.17, 15) is 8.42 Å². The van der Waals surface area contributed by atoms with Crippen molar-refractivity contribution in [2.24, 2.45) is 13.0 Å². The van der Waals surface area contributed by atoms with Crippen molar-refractivity contribution in [3.05, 3.63) is 18.2 Å². The predicted molar refractivity (Wildman–Crippen MR) is 64.8 cm³/mol. The van der Waals surface area contributed by atoms with E-state index in [4.69, 9.17) is 0 Å². The third kappa shape index (κ3) is 4.35. The first-order chi connectivity index (χ1) is 7.41. The lowest BCUT2D eigenvalue weighted by atomic mass is 10.1. The molecule has 0 aliphatic rings. The Balaban J connectivity index is 2.50. The zero-order valence-corrected chi connectivity index (χ0v) is 11.0. The molecule has 4 nitrogen and oxygen atoms in total. The van der Waals surface area contributed by atoms with Gasteiger partial charge in [-0.05, 0) is 12.3 Å². The highest BCUT2D eigenvalue weighted by Gasteiger charge is 2.14. The molecule has 0 atom stereocenters. The van der Waals surface area contributed by atoms with Crippen LogP contribution in [0.3, 0.4) is 0 Å². The van der Waals surface area contributed by atoms with Crippen molar-refractivity contribution < 1.29 is 8.42 Å². The third-order valence-corrected chi connectivity index (χ3v) is 4.12. The van der Waals surface area contributed by atoms with E-state index in [2.05, 4.69) is 18.8 Å². The Bertz CT molecular complexity index is 421. The highest BCUT2D eigenvalue weighted by atomic mass is 32.2. The van der Waals surface area contributed by atoms with Crippen LogP contribution < -0.4 is 0 Å². The second-order valence-corrected chi connectivity index (χ2v) is 6.77. The smallest absolute Gasteiger partial charge is 0.157 e. The first kappa shape index (κ1) is 13.2. The molecule has 1 rings (SSSR count). The minimum absolute atomic E-state index is 0.0502. The molecule has 0 N–H and O–H groups in total. The van der Waals surface area contributed by atoms with Gasteiger partial charge in [0.2, 0.25) is 0 Å². The molecule has 0 aliphatic heterocycles. The molecule has 1 aromatic rings. The zero-order chi connectivity index (χ0) is 12.2. The van der Waals surface area contributed by atoms with Crippen molar-refractivity contribution in [1.29, 1.82) is 0 Å². The number of aryl methyl sites for hydroxylation is 1.